The van der Waals surface area contributed by atoms with Crippen molar-refractivity contribution in [1.29, 1.82) is 0 Å². The van der Waals surface area contributed by atoms with Gasteiger partial charge in [0.15, 0.2) is 6.10 Å². The fraction of sp³-hybridized carbons (Fsp3) is 0.588. The Morgan fingerprint density at radius 1 is 1.26 bits per heavy atom. The molecule has 1 aromatic heterocycles. The van der Waals surface area contributed by atoms with Crippen molar-refractivity contribution in [3.63, 3.8) is 0 Å². The average molecular weight is 400 g/mol. The van der Waals surface area contributed by atoms with Crippen LogP contribution in [0.1, 0.15) is 51.9 Å². The molecule has 2 heterocycles. The molecule has 0 bridgehead atoms. The maximum atomic E-state index is 12.7. The molecule has 1 aromatic rings. The van der Waals surface area contributed by atoms with E-state index in [2.05, 4.69) is 4.98 Å². The second-order valence-electron chi connectivity index (χ2n) is 6.59. The van der Waals surface area contributed by atoms with Crippen molar-refractivity contribution >= 4 is 27.7 Å². The first-order valence-corrected chi connectivity index (χ1v) is 10.3. The van der Waals surface area contributed by atoms with Crippen LogP contribution in [0, 0.1) is 13.8 Å². The molecule has 2 unspecified atom stereocenters. The highest BCUT2D eigenvalue weighted by Gasteiger charge is 2.39. The summed E-state index contributed by atoms with van der Waals surface area (Å²) in [6.07, 6.45) is 0.792. The number of hydrogen-bond acceptors (Lipinski definition) is 7. The molecule has 1 aliphatic heterocycles. The van der Waals surface area contributed by atoms with Crippen molar-refractivity contribution in [3.8, 4) is 0 Å². The second-order valence-corrected chi connectivity index (χ2v) is 8.53. The molecule has 0 aliphatic carbocycles. The van der Waals surface area contributed by atoms with E-state index in [1.165, 1.54) is 14.0 Å². The maximum absolute atomic E-state index is 12.7. The third-order valence-corrected chi connectivity index (χ3v) is 5.93. The zero-order chi connectivity index (χ0) is 20.5. The van der Waals surface area contributed by atoms with Gasteiger partial charge in [0.25, 0.3) is 0 Å². The van der Waals surface area contributed by atoms with Crippen LogP contribution in [0.25, 0.3) is 0 Å². The Morgan fingerprint density at radius 2 is 1.89 bits per heavy atom. The Hall–Kier alpha value is -2.20. The number of carbonyl (C=O) groups is 3. The maximum Gasteiger partial charge on any atom is 0.339 e. The van der Waals surface area contributed by atoms with Gasteiger partial charge < -0.3 is 14.5 Å². The van der Waals surface area contributed by atoms with E-state index in [1.807, 2.05) is 0 Å². The summed E-state index contributed by atoms with van der Waals surface area (Å²) in [7, 11) is -2.29. The summed E-state index contributed by atoms with van der Waals surface area (Å²) >= 11 is 0. The van der Waals surface area contributed by atoms with Crippen LogP contribution in [-0.4, -0.2) is 67.5 Å². The van der Waals surface area contributed by atoms with Crippen molar-refractivity contribution < 1.29 is 32.3 Å². The van der Waals surface area contributed by atoms with Crippen LogP contribution >= 0.6 is 0 Å². The normalized spacial score (nSPS) is 18.9. The molecule has 0 radical (unpaired) electrons. The minimum absolute atomic E-state index is 0.152. The predicted octanol–water partition coefficient (Wildman–Crippen LogP) is 0.957. The van der Waals surface area contributed by atoms with Crippen molar-refractivity contribution in [1.82, 2.24) is 9.29 Å². The van der Waals surface area contributed by atoms with Crippen LogP contribution in [0.3, 0.4) is 0 Å². The van der Waals surface area contributed by atoms with Gasteiger partial charge in [-0.15, -0.1) is 0 Å². The van der Waals surface area contributed by atoms with E-state index in [-0.39, 0.29) is 17.8 Å². The molecule has 0 spiro atoms. The Morgan fingerprint density at radius 3 is 2.44 bits per heavy atom. The molecule has 27 heavy (non-hydrogen) atoms. The number of aromatic amines is 1. The molecule has 0 aromatic carbocycles. The summed E-state index contributed by atoms with van der Waals surface area (Å²) in [6, 6.07) is -0.924. The van der Waals surface area contributed by atoms with E-state index >= 15 is 0 Å². The summed E-state index contributed by atoms with van der Waals surface area (Å²) in [5.74, 6) is -1.84. The molecule has 1 N–H and O–H groups in total. The third-order valence-electron chi connectivity index (χ3n) is 4.64. The number of nitrogens with one attached hydrogen (secondary N) is 1. The van der Waals surface area contributed by atoms with Crippen LogP contribution in [0.2, 0.25) is 0 Å². The summed E-state index contributed by atoms with van der Waals surface area (Å²) in [5, 5.41) is 0. The quantitative estimate of drug-likeness (QED) is 0.557. The van der Waals surface area contributed by atoms with E-state index in [4.69, 9.17) is 9.47 Å². The molecule has 9 nitrogen and oxygen atoms in total. The Labute approximate surface area is 158 Å². The number of ketones is 1. The van der Waals surface area contributed by atoms with Gasteiger partial charge in [0.2, 0.25) is 15.8 Å². The fourth-order valence-corrected chi connectivity index (χ4v) is 4.40. The first-order valence-electron chi connectivity index (χ1n) is 8.48. The van der Waals surface area contributed by atoms with Crippen LogP contribution in [0.15, 0.2) is 0 Å². The molecule has 2 atom stereocenters. The highest BCUT2D eigenvalue weighted by atomic mass is 32.2. The van der Waals surface area contributed by atoms with E-state index in [0.717, 1.165) is 10.6 Å². The van der Waals surface area contributed by atoms with Gasteiger partial charge in [-0.25, -0.2) is 13.2 Å². The number of esters is 2. The molecule has 1 fully saturated rings. The van der Waals surface area contributed by atoms with E-state index in [0.29, 0.717) is 24.1 Å². The largest absolute Gasteiger partial charge is 0.465 e. The molecule has 1 saturated heterocycles. The molecule has 0 saturated carbocycles. The van der Waals surface area contributed by atoms with Crippen LogP contribution in [-0.2, 0) is 24.3 Å². The lowest BCUT2D eigenvalue weighted by Crippen LogP contribution is -2.42. The lowest BCUT2D eigenvalue weighted by atomic mass is 10.1. The number of aryl methyl sites for hydroxylation is 1. The average Bonchev–Trinajstić information content (AvgIpc) is 3.18. The van der Waals surface area contributed by atoms with Gasteiger partial charge in [0.1, 0.15) is 6.04 Å². The second kappa shape index (κ2) is 7.81. The van der Waals surface area contributed by atoms with Gasteiger partial charge >= 0.3 is 11.9 Å². The lowest BCUT2D eigenvalue weighted by Gasteiger charge is -2.22. The smallest absolute Gasteiger partial charge is 0.339 e. The Balaban J connectivity index is 2.17. The number of aromatic nitrogens is 1. The highest BCUT2D eigenvalue weighted by molar-refractivity contribution is 7.88. The van der Waals surface area contributed by atoms with Gasteiger partial charge in [0, 0.05) is 12.2 Å². The standard InChI is InChI=1S/C17H24N2O7S/c1-9-13(17(22)25-4)10(2)18-14(9)15(20)11(3)26-16(21)12-7-6-8-19(12)27(5,23)24/h11-12,18H,6-8H2,1-5H3. The summed E-state index contributed by atoms with van der Waals surface area (Å²) in [6.45, 7) is 4.89. The first kappa shape index (κ1) is 21.1. The highest BCUT2D eigenvalue weighted by Crippen LogP contribution is 2.24. The number of Topliss-reactive ketones (excluding diaryl/α,β-unsaturated/α-hetero) is 1. The van der Waals surface area contributed by atoms with Gasteiger partial charge in [-0.1, -0.05) is 0 Å². The van der Waals surface area contributed by atoms with Crippen molar-refractivity contribution in [2.75, 3.05) is 19.9 Å². The van der Waals surface area contributed by atoms with Gasteiger partial charge in [0.05, 0.1) is 24.6 Å². The Bertz CT molecular complexity index is 872. The monoisotopic (exact) mass is 400 g/mol. The first-order chi connectivity index (χ1) is 12.5. The topological polar surface area (TPSA) is 123 Å². The third kappa shape index (κ3) is 4.22. The minimum atomic E-state index is -3.54. The summed E-state index contributed by atoms with van der Waals surface area (Å²) < 4.78 is 34.6. The zero-order valence-corrected chi connectivity index (χ0v) is 16.8. The SMILES string of the molecule is COC(=O)c1c(C)[nH]c(C(=O)C(C)OC(=O)C2CCCN2S(C)(=O)=O)c1C. The van der Waals surface area contributed by atoms with E-state index in [1.54, 1.807) is 13.8 Å². The number of hydrogen-bond donors (Lipinski definition) is 1. The lowest BCUT2D eigenvalue weighted by molar-refractivity contribution is -0.150. The molecule has 2 rings (SSSR count). The number of methoxy groups -OCH3 is 1. The van der Waals surface area contributed by atoms with Crippen molar-refractivity contribution in [2.45, 2.75) is 45.8 Å². The molecular weight excluding hydrogens is 376 g/mol. The summed E-state index contributed by atoms with van der Waals surface area (Å²) in [4.78, 5) is 39.8. The number of rotatable bonds is 6. The predicted molar refractivity (Wildman–Crippen MR) is 96.1 cm³/mol. The number of carbonyl (C=O) groups excluding carboxylic acids is 3. The molecule has 0 amide bonds. The number of ether oxygens (including phenoxy) is 2. The number of H-pyrrole nitrogens is 1. The van der Waals surface area contributed by atoms with Crippen LogP contribution in [0.5, 0.6) is 0 Å². The van der Waals surface area contributed by atoms with Gasteiger partial charge in [-0.2, -0.15) is 4.31 Å². The zero-order valence-electron chi connectivity index (χ0n) is 16.0. The van der Waals surface area contributed by atoms with Gasteiger partial charge in [-0.05, 0) is 39.2 Å². The van der Waals surface area contributed by atoms with Gasteiger partial charge in [-0.3, -0.25) is 9.59 Å². The summed E-state index contributed by atoms with van der Waals surface area (Å²) in [5.41, 5.74) is 1.30. The Kier molecular flexibility index (Phi) is 6.10. The number of sulfonamides is 1. The molecule has 150 valence electrons. The van der Waals surface area contributed by atoms with Crippen molar-refractivity contribution in [2.24, 2.45) is 0 Å². The van der Waals surface area contributed by atoms with Crippen LogP contribution in [0.4, 0.5) is 0 Å². The number of nitrogens with zero attached hydrogens (tertiary/aromatic N) is 1. The molecule has 1 aliphatic rings. The van der Waals surface area contributed by atoms with Crippen LogP contribution < -0.4 is 0 Å². The molecular formula is C17H24N2O7S. The fourth-order valence-electron chi connectivity index (χ4n) is 3.29. The van der Waals surface area contributed by atoms with E-state index in [9.17, 15) is 22.8 Å². The molecule has 10 heteroatoms. The van der Waals surface area contributed by atoms with E-state index < -0.39 is 39.9 Å². The minimum Gasteiger partial charge on any atom is -0.465 e. The van der Waals surface area contributed by atoms with Crippen molar-refractivity contribution in [3.05, 3.63) is 22.5 Å².